The van der Waals surface area contributed by atoms with E-state index in [2.05, 4.69) is 48.3 Å². The van der Waals surface area contributed by atoms with Crippen LogP contribution in [0.2, 0.25) is 0 Å². The highest BCUT2D eigenvalue weighted by atomic mass is 15.2. The minimum atomic E-state index is 0.760. The molecule has 1 aliphatic heterocycles. The van der Waals surface area contributed by atoms with Crippen LogP contribution < -0.4 is 5.32 Å². The van der Waals surface area contributed by atoms with Gasteiger partial charge in [0.05, 0.1) is 0 Å². The van der Waals surface area contributed by atoms with Crippen molar-refractivity contribution in [1.29, 1.82) is 0 Å². The van der Waals surface area contributed by atoms with Crippen LogP contribution in [0, 0.1) is 11.8 Å². The van der Waals surface area contributed by atoms with E-state index < -0.39 is 0 Å². The van der Waals surface area contributed by atoms with Gasteiger partial charge in [0.1, 0.15) is 0 Å². The van der Waals surface area contributed by atoms with Gasteiger partial charge in [-0.2, -0.15) is 0 Å². The molecule has 1 aliphatic carbocycles. The lowest BCUT2D eigenvalue weighted by Crippen LogP contribution is -2.51. The monoisotopic (exact) mass is 286 g/mol. The van der Waals surface area contributed by atoms with E-state index in [1.807, 2.05) is 0 Å². The first-order valence-corrected chi connectivity index (χ1v) is 8.75. The summed E-state index contributed by atoms with van der Waals surface area (Å²) in [5, 5.41) is 3.66. The van der Waals surface area contributed by atoms with Crippen LogP contribution in [-0.4, -0.2) is 37.1 Å². The number of hydrogen-bond donors (Lipinski definition) is 1. The molecular weight excluding hydrogens is 256 g/mol. The SMILES string of the molecule is CC(C)CNCC1CCC1N1CCc2ccccc2CC1. The average molecular weight is 286 g/mol. The maximum Gasteiger partial charge on any atom is 0.0136 e. The molecule has 116 valence electrons. The van der Waals surface area contributed by atoms with Gasteiger partial charge in [0, 0.05) is 19.1 Å². The quantitative estimate of drug-likeness (QED) is 0.895. The third-order valence-electron chi connectivity index (χ3n) is 5.26. The van der Waals surface area contributed by atoms with Crippen molar-refractivity contribution >= 4 is 0 Å². The molecule has 1 fully saturated rings. The molecule has 3 rings (SSSR count). The smallest absolute Gasteiger partial charge is 0.0136 e. The molecule has 1 aromatic rings. The first-order chi connectivity index (χ1) is 10.2. The van der Waals surface area contributed by atoms with E-state index in [0.29, 0.717) is 0 Å². The van der Waals surface area contributed by atoms with Gasteiger partial charge in [0.2, 0.25) is 0 Å². The van der Waals surface area contributed by atoms with Crippen LogP contribution in [0.5, 0.6) is 0 Å². The molecule has 0 aromatic heterocycles. The van der Waals surface area contributed by atoms with Crippen molar-refractivity contribution in [2.45, 2.75) is 45.6 Å². The van der Waals surface area contributed by atoms with Crippen LogP contribution in [-0.2, 0) is 12.8 Å². The maximum absolute atomic E-state index is 3.66. The zero-order valence-electron chi connectivity index (χ0n) is 13.6. The van der Waals surface area contributed by atoms with E-state index >= 15 is 0 Å². The molecule has 0 bridgehead atoms. The lowest BCUT2D eigenvalue weighted by Gasteiger charge is -2.44. The molecule has 0 amide bonds. The predicted molar refractivity (Wildman–Crippen MR) is 89.6 cm³/mol. The van der Waals surface area contributed by atoms with Crippen LogP contribution in [0.4, 0.5) is 0 Å². The summed E-state index contributed by atoms with van der Waals surface area (Å²) in [6.45, 7) is 9.46. The van der Waals surface area contributed by atoms with Crippen molar-refractivity contribution < 1.29 is 0 Å². The number of rotatable bonds is 5. The van der Waals surface area contributed by atoms with Crippen molar-refractivity contribution in [3.05, 3.63) is 35.4 Å². The van der Waals surface area contributed by atoms with E-state index in [9.17, 15) is 0 Å². The minimum absolute atomic E-state index is 0.760. The summed E-state index contributed by atoms with van der Waals surface area (Å²) < 4.78 is 0. The van der Waals surface area contributed by atoms with Crippen molar-refractivity contribution in [3.63, 3.8) is 0 Å². The summed E-state index contributed by atoms with van der Waals surface area (Å²) in [4.78, 5) is 2.77. The molecular formula is C19H30N2. The van der Waals surface area contributed by atoms with Gasteiger partial charge in [0.15, 0.2) is 0 Å². The molecule has 0 spiro atoms. The fraction of sp³-hybridized carbons (Fsp3) is 0.684. The Morgan fingerprint density at radius 1 is 1.10 bits per heavy atom. The molecule has 1 N–H and O–H groups in total. The van der Waals surface area contributed by atoms with E-state index in [0.717, 1.165) is 24.4 Å². The first-order valence-electron chi connectivity index (χ1n) is 8.75. The number of benzene rings is 1. The van der Waals surface area contributed by atoms with Crippen molar-refractivity contribution in [3.8, 4) is 0 Å². The lowest BCUT2D eigenvalue weighted by atomic mass is 9.78. The second kappa shape index (κ2) is 6.93. The Balaban J connectivity index is 1.52. The molecule has 1 aromatic carbocycles. The van der Waals surface area contributed by atoms with Crippen LogP contribution in [0.1, 0.15) is 37.8 Å². The number of fused-ring (bicyclic) bond motifs is 1. The average Bonchev–Trinajstić information content (AvgIpc) is 2.65. The highest BCUT2D eigenvalue weighted by Crippen LogP contribution is 2.33. The van der Waals surface area contributed by atoms with Crippen molar-refractivity contribution in [2.75, 3.05) is 26.2 Å². The first kappa shape index (κ1) is 15.1. The Morgan fingerprint density at radius 2 is 1.76 bits per heavy atom. The Bertz CT molecular complexity index is 428. The van der Waals surface area contributed by atoms with Gasteiger partial charge in [-0.25, -0.2) is 0 Å². The number of nitrogens with zero attached hydrogens (tertiary/aromatic N) is 1. The van der Waals surface area contributed by atoms with Gasteiger partial charge in [-0.05, 0) is 61.7 Å². The summed E-state index contributed by atoms with van der Waals surface area (Å²) in [6, 6.07) is 9.86. The standard InChI is InChI=1S/C19H30N2/c1-15(2)13-20-14-18-7-8-19(18)21-11-9-16-5-3-4-6-17(16)10-12-21/h3-6,15,18-20H,7-14H2,1-2H3. The molecule has 1 saturated carbocycles. The number of hydrogen-bond acceptors (Lipinski definition) is 2. The van der Waals surface area contributed by atoms with Gasteiger partial charge in [0.25, 0.3) is 0 Å². The molecule has 2 unspecified atom stereocenters. The van der Waals surface area contributed by atoms with Crippen molar-refractivity contribution in [2.24, 2.45) is 11.8 Å². The third kappa shape index (κ3) is 3.67. The van der Waals surface area contributed by atoms with Gasteiger partial charge in [-0.1, -0.05) is 38.1 Å². The lowest BCUT2D eigenvalue weighted by molar-refractivity contribution is 0.0650. The minimum Gasteiger partial charge on any atom is -0.316 e. The van der Waals surface area contributed by atoms with Gasteiger partial charge in [-0.15, -0.1) is 0 Å². The summed E-state index contributed by atoms with van der Waals surface area (Å²) in [5.74, 6) is 1.64. The highest BCUT2D eigenvalue weighted by molar-refractivity contribution is 5.28. The van der Waals surface area contributed by atoms with Crippen LogP contribution >= 0.6 is 0 Å². The molecule has 21 heavy (non-hydrogen) atoms. The summed E-state index contributed by atoms with van der Waals surface area (Å²) in [5.41, 5.74) is 3.16. The molecule has 2 heteroatoms. The molecule has 1 heterocycles. The van der Waals surface area contributed by atoms with E-state index in [1.54, 1.807) is 11.1 Å². The van der Waals surface area contributed by atoms with E-state index in [4.69, 9.17) is 0 Å². The predicted octanol–water partition coefficient (Wildman–Crippen LogP) is 3.11. The van der Waals surface area contributed by atoms with Crippen LogP contribution in [0.15, 0.2) is 24.3 Å². The third-order valence-corrected chi connectivity index (χ3v) is 5.26. The van der Waals surface area contributed by atoms with E-state index in [-0.39, 0.29) is 0 Å². The zero-order valence-corrected chi connectivity index (χ0v) is 13.6. The van der Waals surface area contributed by atoms with E-state index in [1.165, 1.54) is 45.3 Å². The second-order valence-electron chi connectivity index (χ2n) is 7.26. The number of nitrogens with one attached hydrogen (secondary N) is 1. The zero-order chi connectivity index (χ0) is 14.7. The summed E-state index contributed by atoms with van der Waals surface area (Å²) in [6.07, 6.45) is 5.29. The Kier molecular flexibility index (Phi) is 4.97. The Hall–Kier alpha value is -0.860. The highest BCUT2D eigenvalue weighted by Gasteiger charge is 2.35. The fourth-order valence-electron chi connectivity index (χ4n) is 3.84. The topological polar surface area (TPSA) is 15.3 Å². The fourth-order valence-corrected chi connectivity index (χ4v) is 3.84. The van der Waals surface area contributed by atoms with Crippen molar-refractivity contribution in [1.82, 2.24) is 10.2 Å². The van der Waals surface area contributed by atoms with Crippen LogP contribution in [0.3, 0.4) is 0 Å². The molecule has 2 aliphatic rings. The molecule has 0 radical (unpaired) electrons. The Labute approximate surface area is 129 Å². The summed E-state index contributed by atoms with van der Waals surface area (Å²) >= 11 is 0. The normalized spacial score (nSPS) is 26.2. The molecule has 2 atom stereocenters. The van der Waals surface area contributed by atoms with Crippen LogP contribution in [0.25, 0.3) is 0 Å². The van der Waals surface area contributed by atoms with Gasteiger partial charge in [-0.3, -0.25) is 4.90 Å². The molecule has 2 nitrogen and oxygen atoms in total. The second-order valence-corrected chi connectivity index (χ2v) is 7.26. The summed E-state index contributed by atoms with van der Waals surface area (Å²) in [7, 11) is 0. The molecule has 0 saturated heterocycles. The van der Waals surface area contributed by atoms with Gasteiger partial charge >= 0.3 is 0 Å². The Morgan fingerprint density at radius 3 is 2.29 bits per heavy atom. The maximum atomic E-state index is 3.66. The largest absolute Gasteiger partial charge is 0.316 e. The van der Waals surface area contributed by atoms with Gasteiger partial charge < -0.3 is 5.32 Å².